The van der Waals surface area contributed by atoms with E-state index in [0.717, 1.165) is 4.90 Å². The fourth-order valence-electron chi connectivity index (χ4n) is 1.42. The second-order valence-corrected chi connectivity index (χ2v) is 5.32. The largest absolute Gasteiger partial charge is 0.478 e. The molecule has 0 fully saturated rings. The number of benzene rings is 2. The van der Waals surface area contributed by atoms with Gasteiger partial charge in [-0.15, -0.1) is 0 Å². The Balaban J connectivity index is 2.46. The lowest BCUT2D eigenvalue weighted by Gasteiger charge is -2.08. The highest BCUT2D eigenvalue weighted by atomic mass is 35.5. The minimum absolute atomic E-state index is 0.174. The minimum atomic E-state index is -1.01. The first-order valence-electron chi connectivity index (χ1n) is 5.04. The maximum atomic E-state index is 11.1. The Morgan fingerprint density at radius 3 is 2.33 bits per heavy atom. The van der Waals surface area contributed by atoms with Gasteiger partial charge in [0.05, 0.1) is 15.6 Å². The maximum Gasteiger partial charge on any atom is 0.336 e. The van der Waals surface area contributed by atoms with E-state index in [9.17, 15) is 4.79 Å². The monoisotopic (exact) mass is 298 g/mol. The molecule has 2 aromatic carbocycles. The SMILES string of the molecule is O=C(O)c1cccc(Cl)c1Sc1ccccc1Cl. The van der Waals surface area contributed by atoms with Gasteiger partial charge in [0.15, 0.2) is 0 Å². The number of halogens is 2. The fraction of sp³-hybridized carbons (Fsp3) is 0. The van der Waals surface area contributed by atoms with E-state index in [4.69, 9.17) is 28.3 Å². The van der Waals surface area contributed by atoms with Gasteiger partial charge in [-0.25, -0.2) is 4.79 Å². The summed E-state index contributed by atoms with van der Waals surface area (Å²) in [5.41, 5.74) is 0.174. The van der Waals surface area contributed by atoms with E-state index in [2.05, 4.69) is 0 Å². The molecule has 2 aromatic rings. The number of hydrogen-bond acceptors (Lipinski definition) is 2. The van der Waals surface area contributed by atoms with Crippen LogP contribution in [0.25, 0.3) is 0 Å². The van der Waals surface area contributed by atoms with Crippen LogP contribution in [-0.2, 0) is 0 Å². The molecule has 0 saturated heterocycles. The van der Waals surface area contributed by atoms with Crippen LogP contribution in [-0.4, -0.2) is 11.1 Å². The number of carboxylic acid groups (broad SMARTS) is 1. The lowest BCUT2D eigenvalue weighted by atomic mass is 10.2. The van der Waals surface area contributed by atoms with Crippen LogP contribution < -0.4 is 0 Å². The standard InChI is InChI=1S/C13H8Cl2O2S/c14-9-5-1-2-7-11(9)18-12-8(13(16)17)4-3-6-10(12)15/h1-7H,(H,16,17). The molecule has 92 valence electrons. The van der Waals surface area contributed by atoms with Crippen LogP contribution in [0.15, 0.2) is 52.3 Å². The Morgan fingerprint density at radius 1 is 1.00 bits per heavy atom. The molecule has 0 atom stereocenters. The summed E-state index contributed by atoms with van der Waals surface area (Å²) in [5.74, 6) is -1.01. The van der Waals surface area contributed by atoms with E-state index in [1.54, 1.807) is 18.2 Å². The topological polar surface area (TPSA) is 37.3 Å². The summed E-state index contributed by atoms with van der Waals surface area (Å²) in [6.45, 7) is 0. The molecule has 0 aromatic heterocycles. The molecule has 0 aliphatic rings. The van der Waals surface area contributed by atoms with Gasteiger partial charge in [0.2, 0.25) is 0 Å². The second kappa shape index (κ2) is 5.65. The van der Waals surface area contributed by atoms with E-state index >= 15 is 0 Å². The highest BCUT2D eigenvalue weighted by Crippen LogP contribution is 2.38. The third-order valence-electron chi connectivity index (χ3n) is 2.25. The zero-order valence-electron chi connectivity index (χ0n) is 9.06. The van der Waals surface area contributed by atoms with Gasteiger partial charge in [-0.05, 0) is 24.3 Å². The predicted molar refractivity (Wildman–Crippen MR) is 74.0 cm³/mol. The van der Waals surface area contributed by atoms with Crippen molar-refractivity contribution >= 4 is 40.9 Å². The van der Waals surface area contributed by atoms with Gasteiger partial charge in [-0.2, -0.15) is 0 Å². The first-order valence-corrected chi connectivity index (χ1v) is 6.61. The molecule has 1 N–H and O–H groups in total. The van der Waals surface area contributed by atoms with Gasteiger partial charge in [-0.1, -0.05) is 53.2 Å². The van der Waals surface area contributed by atoms with Crippen LogP contribution in [0.2, 0.25) is 10.0 Å². The Bertz CT molecular complexity index is 599. The van der Waals surface area contributed by atoms with E-state index in [0.29, 0.717) is 14.9 Å². The van der Waals surface area contributed by atoms with Crippen LogP contribution in [0.4, 0.5) is 0 Å². The predicted octanol–water partition coefficient (Wildman–Crippen LogP) is 4.84. The molecule has 0 aliphatic heterocycles. The van der Waals surface area contributed by atoms with Crippen molar-refractivity contribution in [2.75, 3.05) is 0 Å². The Labute approximate surface area is 119 Å². The second-order valence-electron chi connectivity index (χ2n) is 3.45. The van der Waals surface area contributed by atoms with Gasteiger partial charge in [0.1, 0.15) is 0 Å². The van der Waals surface area contributed by atoms with E-state index in [1.165, 1.54) is 17.8 Å². The highest BCUT2D eigenvalue weighted by Gasteiger charge is 2.15. The van der Waals surface area contributed by atoms with Crippen molar-refractivity contribution in [1.29, 1.82) is 0 Å². The molecule has 0 radical (unpaired) electrons. The number of hydrogen-bond donors (Lipinski definition) is 1. The van der Waals surface area contributed by atoms with Gasteiger partial charge in [-0.3, -0.25) is 0 Å². The van der Waals surface area contributed by atoms with Crippen LogP contribution >= 0.6 is 35.0 Å². The van der Waals surface area contributed by atoms with E-state index < -0.39 is 5.97 Å². The maximum absolute atomic E-state index is 11.1. The van der Waals surface area contributed by atoms with Crippen molar-refractivity contribution in [2.45, 2.75) is 9.79 Å². The smallest absolute Gasteiger partial charge is 0.336 e. The normalized spacial score (nSPS) is 10.3. The highest BCUT2D eigenvalue weighted by molar-refractivity contribution is 7.99. The summed E-state index contributed by atoms with van der Waals surface area (Å²) in [6.07, 6.45) is 0. The van der Waals surface area contributed by atoms with Crippen LogP contribution in [0, 0.1) is 0 Å². The van der Waals surface area contributed by atoms with Gasteiger partial charge < -0.3 is 5.11 Å². The first kappa shape index (κ1) is 13.3. The van der Waals surface area contributed by atoms with Crippen LogP contribution in [0.5, 0.6) is 0 Å². The summed E-state index contributed by atoms with van der Waals surface area (Å²) in [4.78, 5) is 12.4. The summed E-state index contributed by atoms with van der Waals surface area (Å²) < 4.78 is 0. The number of carbonyl (C=O) groups is 1. The molecule has 0 saturated carbocycles. The third-order valence-corrected chi connectivity index (χ3v) is 4.33. The van der Waals surface area contributed by atoms with Crippen LogP contribution in [0.1, 0.15) is 10.4 Å². The molecular formula is C13H8Cl2O2S. The fourth-order valence-corrected chi connectivity index (χ4v) is 2.92. The average molecular weight is 299 g/mol. The summed E-state index contributed by atoms with van der Waals surface area (Å²) in [5, 5.41) is 10.1. The molecule has 0 spiro atoms. The molecule has 18 heavy (non-hydrogen) atoms. The zero-order chi connectivity index (χ0) is 13.1. The Morgan fingerprint density at radius 2 is 1.67 bits per heavy atom. The average Bonchev–Trinajstić information content (AvgIpc) is 2.34. The van der Waals surface area contributed by atoms with Crippen molar-refractivity contribution < 1.29 is 9.90 Å². The summed E-state index contributed by atoms with van der Waals surface area (Å²) in [7, 11) is 0. The van der Waals surface area contributed by atoms with Crippen LogP contribution in [0.3, 0.4) is 0 Å². The van der Waals surface area contributed by atoms with Crippen molar-refractivity contribution in [3.05, 3.63) is 58.1 Å². The quantitative estimate of drug-likeness (QED) is 0.881. The molecule has 5 heteroatoms. The lowest BCUT2D eigenvalue weighted by Crippen LogP contribution is -1.98. The zero-order valence-corrected chi connectivity index (χ0v) is 11.4. The Kier molecular flexibility index (Phi) is 4.17. The van der Waals surface area contributed by atoms with Crippen molar-refractivity contribution in [2.24, 2.45) is 0 Å². The number of aromatic carboxylic acids is 1. The Hall–Kier alpha value is -1.16. The van der Waals surface area contributed by atoms with Gasteiger partial charge in [0, 0.05) is 9.79 Å². The lowest BCUT2D eigenvalue weighted by molar-refractivity contribution is 0.0693. The number of rotatable bonds is 3. The van der Waals surface area contributed by atoms with Crippen molar-refractivity contribution in [1.82, 2.24) is 0 Å². The van der Waals surface area contributed by atoms with Crippen molar-refractivity contribution in [3.63, 3.8) is 0 Å². The third kappa shape index (κ3) is 2.80. The molecule has 2 rings (SSSR count). The summed E-state index contributed by atoms with van der Waals surface area (Å²) >= 11 is 13.3. The first-order chi connectivity index (χ1) is 8.59. The minimum Gasteiger partial charge on any atom is -0.478 e. The summed E-state index contributed by atoms with van der Waals surface area (Å²) in [6, 6.07) is 12.0. The number of carboxylic acids is 1. The van der Waals surface area contributed by atoms with Gasteiger partial charge >= 0.3 is 5.97 Å². The molecular weight excluding hydrogens is 291 g/mol. The molecule has 0 aliphatic carbocycles. The van der Waals surface area contributed by atoms with E-state index in [-0.39, 0.29) is 5.56 Å². The molecule has 0 bridgehead atoms. The van der Waals surface area contributed by atoms with Gasteiger partial charge in [0.25, 0.3) is 0 Å². The molecule has 0 unspecified atom stereocenters. The van der Waals surface area contributed by atoms with E-state index in [1.807, 2.05) is 18.2 Å². The van der Waals surface area contributed by atoms with Crippen molar-refractivity contribution in [3.8, 4) is 0 Å². The molecule has 0 heterocycles. The molecule has 0 amide bonds. The molecule has 2 nitrogen and oxygen atoms in total.